The Labute approximate surface area is 194 Å². The minimum atomic E-state index is -0.802. The number of ether oxygens (including phenoxy) is 3. The number of rotatable bonds is 9. The number of carbonyl (C=O) groups excluding carboxylic acids is 2. The predicted molar refractivity (Wildman–Crippen MR) is 125 cm³/mol. The molecule has 7 heteroatoms. The number of likely N-dealkylation sites (tertiary alicyclic amines) is 1. The number of benzene rings is 2. The van der Waals surface area contributed by atoms with Gasteiger partial charge in [-0.15, -0.1) is 0 Å². The van der Waals surface area contributed by atoms with Gasteiger partial charge in [0.1, 0.15) is 17.3 Å². The summed E-state index contributed by atoms with van der Waals surface area (Å²) in [4.78, 5) is 27.5. The second kappa shape index (κ2) is 10.5. The van der Waals surface area contributed by atoms with Crippen molar-refractivity contribution in [3.05, 3.63) is 65.2 Å². The first-order valence-corrected chi connectivity index (χ1v) is 11.0. The molecule has 1 atom stereocenters. The second-order valence-electron chi connectivity index (χ2n) is 8.34. The Hall–Kier alpha value is -3.32. The summed E-state index contributed by atoms with van der Waals surface area (Å²) in [6, 6.07) is 13.1. The van der Waals surface area contributed by atoms with Crippen LogP contribution in [-0.2, 0) is 14.3 Å². The summed E-state index contributed by atoms with van der Waals surface area (Å²) in [5.41, 5.74) is 1.05. The monoisotopic (exact) mass is 453 g/mol. The molecule has 1 saturated heterocycles. The van der Waals surface area contributed by atoms with Crippen LogP contribution in [0.1, 0.15) is 44.9 Å². The number of hydrogen-bond acceptors (Lipinski definition) is 6. The van der Waals surface area contributed by atoms with E-state index < -0.39 is 17.7 Å². The third-order valence-corrected chi connectivity index (χ3v) is 5.26. The van der Waals surface area contributed by atoms with E-state index >= 15 is 0 Å². The summed E-state index contributed by atoms with van der Waals surface area (Å²) < 4.78 is 16.8. The Balaban J connectivity index is 2.08. The van der Waals surface area contributed by atoms with Crippen LogP contribution in [0.25, 0.3) is 5.76 Å². The minimum absolute atomic E-state index is 0.00775. The van der Waals surface area contributed by atoms with E-state index in [9.17, 15) is 14.7 Å². The molecule has 0 aliphatic carbocycles. The van der Waals surface area contributed by atoms with Gasteiger partial charge in [0.05, 0.1) is 37.5 Å². The topological polar surface area (TPSA) is 85.3 Å². The Morgan fingerprint density at radius 3 is 2.27 bits per heavy atom. The second-order valence-corrected chi connectivity index (χ2v) is 8.34. The molecule has 1 amide bonds. The predicted octanol–water partition coefficient (Wildman–Crippen LogP) is 4.33. The number of amides is 1. The summed E-state index contributed by atoms with van der Waals surface area (Å²) >= 11 is 0. The third-order valence-electron chi connectivity index (χ3n) is 5.26. The van der Waals surface area contributed by atoms with E-state index in [1.54, 1.807) is 42.5 Å². The van der Waals surface area contributed by atoms with E-state index in [-0.39, 0.29) is 36.7 Å². The normalized spacial score (nSPS) is 17.8. The fraction of sp³-hybridized carbons (Fsp3) is 0.385. The average molecular weight is 454 g/mol. The molecule has 1 fully saturated rings. The zero-order chi connectivity index (χ0) is 24.1. The van der Waals surface area contributed by atoms with Gasteiger partial charge in [-0.1, -0.05) is 18.2 Å². The highest BCUT2D eigenvalue weighted by Gasteiger charge is 2.46. The Morgan fingerprint density at radius 1 is 1.00 bits per heavy atom. The van der Waals surface area contributed by atoms with Gasteiger partial charge < -0.3 is 24.2 Å². The molecule has 1 unspecified atom stereocenters. The van der Waals surface area contributed by atoms with Gasteiger partial charge >= 0.3 is 0 Å². The molecule has 176 valence electrons. The van der Waals surface area contributed by atoms with Crippen LogP contribution in [0.5, 0.6) is 11.5 Å². The lowest BCUT2D eigenvalue weighted by Crippen LogP contribution is -2.33. The molecule has 0 spiro atoms. The maximum Gasteiger partial charge on any atom is 0.295 e. The van der Waals surface area contributed by atoms with Crippen LogP contribution >= 0.6 is 0 Å². The Kier molecular flexibility index (Phi) is 7.76. The number of hydrogen-bond donors (Lipinski definition) is 1. The first-order chi connectivity index (χ1) is 15.7. The summed E-state index contributed by atoms with van der Waals surface area (Å²) in [5, 5.41) is 11.2. The summed E-state index contributed by atoms with van der Waals surface area (Å²) in [5.74, 6) is -0.498. The number of aliphatic hydroxyl groups is 1. The van der Waals surface area contributed by atoms with E-state index in [1.807, 2.05) is 33.8 Å². The number of ketones is 1. The zero-order valence-corrected chi connectivity index (χ0v) is 19.7. The minimum Gasteiger partial charge on any atom is -0.507 e. The van der Waals surface area contributed by atoms with Crippen molar-refractivity contribution >= 4 is 17.4 Å². The lowest BCUT2D eigenvalue weighted by molar-refractivity contribution is -0.140. The Bertz CT molecular complexity index is 1030. The first kappa shape index (κ1) is 24.3. The number of Topliss-reactive ketones (excluding diaryl/α,β-unsaturated/α-hetero) is 1. The van der Waals surface area contributed by atoms with Gasteiger partial charge in [-0.3, -0.25) is 9.59 Å². The van der Waals surface area contributed by atoms with Crippen LogP contribution in [-0.4, -0.2) is 54.2 Å². The molecule has 2 aromatic carbocycles. The molecule has 0 bridgehead atoms. The summed E-state index contributed by atoms with van der Waals surface area (Å²) in [6.45, 7) is 8.11. The molecule has 0 aromatic heterocycles. The van der Waals surface area contributed by atoms with E-state index in [0.717, 1.165) is 0 Å². The van der Waals surface area contributed by atoms with Crippen LogP contribution in [0.15, 0.2) is 54.1 Å². The molecule has 2 aromatic rings. The smallest absolute Gasteiger partial charge is 0.295 e. The van der Waals surface area contributed by atoms with Gasteiger partial charge in [-0.05, 0) is 58.0 Å². The van der Waals surface area contributed by atoms with Crippen molar-refractivity contribution in [3.8, 4) is 11.5 Å². The van der Waals surface area contributed by atoms with Crippen LogP contribution in [0.3, 0.4) is 0 Å². The highest BCUT2D eigenvalue weighted by Crippen LogP contribution is 2.42. The van der Waals surface area contributed by atoms with Gasteiger partial charge in [0.25, 0.3) is 11.7 Å². The van der Waals surface area contributed by atoms with Crippen LogP contribution in [0.2, 0.25) is 0 Å². The van der Waals surface area contributed by atoms with Crippen molar-refractivity contribution in [3.63, 3.8) is 0 Å². The molecule has 33 heavy (non-hydrogen) atoms. The average Bonchev–Trinajstić information content (AvgIpc) is 3.03. The van der Waals surface area contributed by atoms with Crippen LogP contribution in [0, 0.1) is 0 Å². The van der Waals surface area contributed by atoms with Crippen molar-refractivity contribution in [1.29, 1.82) is 0 Å². The first-order valence-electron chi connectivity index (χ1n) is 11.0. The lowest BCUT2D eigenvalue weighted by Gasteiger charge is -2.26. The summed E-state index contributed by atoms with van der Waals surface area (Å²) in [7, 11) is 1.53. The summed E-state index contributed by atoms with van der Waals surface area (Å²) in [6.07, 6.45) is -0.00789. The molecule has 0 saturated carbocycles. The van der Waals surface area contributed by atoms with E-state index in [4.69, 9.17) is 14.2 Å². The third kappa shape index (κ3) is 5.37. The molecule has 7 nitrogen and oxygen atoms in total. The molecule has 3 rings (SSSR count). The van der Waals surface area contributed by atoms with E-state index in [0.29, 0.717) is 22.6 Å². The number of aliphatic hydroxyl groups excluding tert-OH is 1. The standard InChI is InChI=1S/C26H31NO6/c1-16(2)32-15-14-27-23(20-8-6-7-9-21(20)31-5)22(25(29)26(27)30)24(28)18-10-12-19(13-11-18)33-17(3)4/h6-13,16-17,23,28H,14-15H2,1-5H3/b24-22-. The van der Waals surface area contributed by atoms with Gasteiger partial charge in [0.2, 0.25) is 0 Å². The number of methoxy groups -OCH3 is 1. The molecule has 0 radical (unpaired) electrons. The highest BCUT2D eigenvalue weighted by molar-refractivity contribution is 6.46. The SMILES string of the molecule is COc1ccccc1C1/C(=C(/O)c2ccc(OC(C)C)cc2)C(=O)C(=O)N1CCOC(C)C. The van der Waals surface area contributed by atoms with Crippen molar-refractivity contribution in [2.24, 2.45) is 0 Å². The molecular weight excluding hydrogens is 422 g/mol. The quantitative estimate of drug-likeness (QED) is 0.346. The molecule has 1 aliphatic rings. The number of carbonyl (C=O) groups is 2. The van der Waals surface area contributed by atoms with Gasteiger partial charge in [0.15, 0.2) is 0 Å². The zero-order valence-electron chi connectivity index (χ0n) is 19.7. The van der Waals surface area contributed by atoms with Crippen molar-refractivity contribution in [2.75, 3.05) is 20.3 Å². The van der Waals surface area contributed by atoms with E-state index in [1.165, 1.54) is 12.0 Å². The van der Waals surface area contributed by atoms with Gasteiger partial charge in [-0.25, -0.2) is 0 Å². The van der Waals surface area contributed by atoms with Gasteiger partial charge in [-0.2, -0.15) is 0 Å². The highest BCUT2D eigenvalue weighted by atomic mass is 16.5. The maximum atomic E-state index is 13.1. The van der Waals surface area contributed by atoms with Crippen molar-refractivity contribution in [2.45, 2.75) is 45.9 Å². The number of para-hydroxylation sites is 1. The Morgan fingerprint density at radius 2 is 1.67 bits per heavy atom. The van der Waals surface area contributed by atoms with Crippen molar-refractivity contribution < 1.29 is 28.9 Å². The molecule has 1 aliphatic heterocycles. The fourth-order valence-corrected chi connectivity index (χ4v) is 3.83. The molecule has 1 N–H and O–H groups in total. The molecule has 1 heterocycles. The lowest BCUT2D eigenvalue weighted by atomic mass is 9.94. The van der Waals surface area contributed by atoms with Crippen molar-refractivity contribution in [1.82, 2.24) is 4.90 Å². The largest absolute Gasteiger partial charge is 0.507 e. The molecular formula is C26H31NO6. The van der Waals surface area contributed by atoms with Crippen LogP contribution in [0.4, 0.5) is 0 Å². The maximum absolute atomic E-state index is 13.1. The van der Waals surface area contributed by atoms with Crippen LogP contribution < -0.4 is 9.47 Å². The number of nitrogens with zero attached hydrogens (tertiary/aromatic N) is 1. The fourth-order valence-electron chi connectivity index (χ4n) is 3.83. The van der Waals surface area contributed by atoms with Gasteiger partial charge in [0, 0.05) is 17.7 Å². The van der Waals surface area contributed by atoms with E-state index in [2.05, 4.69) is 0 Å².